The molecule has 0 aromatic carbocycles. The highest BCUT2D eigenvalue weighted by Crippen LogP contribution is 2.50. The van der Waals surface area contributed by atoms with E-state index >= 15 is 0 Å². The van der Waals surface area contributed by atoms with E-state index in [-0.39, 0.29) is 58.1 Å². The van der Waals surface area contributed by atoms with Crippen molar-refractivity contribution in [1.29, 1.82) is 0 Å². The van der Waals surface area contributed by atoms with E-state index in [9.17, 15) is 9.59 Å². The monoisotopic (exact) mass is 488 g/mol. The number of nitrogens with zero attached hydrogens (tertiary/aromatic N) is 2. The lowest BCUT2D eigenvalue weighted by Crippen LogP contribution is -2.60. The molecular formula is C29H48N2O4. The summed E-state index contributed by atoms with van der Waals surface area (Å²) in [6.45, 7) is 17.7. The summed E-state index contributed by atoms with van der Waals surface area (Å²) >= 11 is 0. The second kappa shape index (κ2) is 8.58. The molecule has 0 amide bonds. The normalized spacial score (nSPS) is 36.3. The van der Waals surface area contributed by atoms with Gasteiger partial charge in [0.05, 0.1) is 11.8 Å². The molecule has 0 aromatic heterocycles. The zero-order valence-electron chi connectivity index (χ0n) is 23.7. The number of carbonyl (C=O) groups is 2. The quantitative estimate of drug-likeness (QED) is 0.418. The van der Waals surface area contributed by atoms with Crippen LogP contribution in [0.3, 0.4) is 0 Å². The van der Waals surface area contributed by atoms with Crippen molar-refractivity contribution in [1.82, 2.24) is 9.80 Å². The Kier molecular flexibility index (Phi) is 6.53. The molecule has 6 heteroatoms. The molecule has 3 fully saturated rings. The van der Waals surface area contributed by atoms with E-state index in [1.807, 2.05) is 0 Å². The first-order chi connectivity index (χ1) is 15.9. The van der Waals surface area contributed by atoms with E-state index in [2.05, 4.69) is 91.4 Å². The highest BCUT2D eigenvalue weighted by atomic mass is 16.6. The van der Waals surface area contributed by atoms with Crippen LogP contribution in [0.25, 0.3) is 0 Å². The summed E-state index contributed by atoms with van der Waals surface area (Å²) in [6, 6.07) is 0. The van der Waals surface area contributed by atoms with Crippen LogP contribution in [0, 0.1) is 23.7 Å². The number of likely N-dealkylation sites (tertiary alicyclic amines) is 2. The molecule has 0 spiro atoms. The number of hydrogen-bond acceptors (Lipinski definition) is 6. The Bertz CT molecular complexity index is 783. The molecule has 0 radical (unpaired) electrons. The summed E-state index contributed by atoms with van der Waals surface area (Å²) in [7, 11) is 4.30. The van der Waals surface area contributed by atoms with E-state index in [0.717, 1.165) is 32.1 Å². The Morgan fingerprint density at radius 2 is 0.914 bits per heavy atom. The minimum Gasteiger partial charge on any atom is -0.462 e. The standard InChI is InChI=1S/C29H48N2O4/c1-26(2)14-20(15-27(3,4)30(26)9)34-24(32)22-18-11-12-19(13-18)23(22)25(33)35-21-16-28(5,6)31(10)29(7,8)17-21/h11-12,18-23H,13-17H2,1-10H3. The molecule has 198 valence electrons. The maximum Gasteiger partial charge on any atom is 0.310 e. The largest absolute Gasteiger partial charge is 0.462 e. The average Bonchev–Trinajstić information content (AvgIpc) is 3.31. The lowest BCUT2D eigenvalue weighted by Gasteiger charge is -2.53. The molecule has 2 saturated heterocycles. The van der Waals surface area contributed by atoms with Gasteiger partial charge in [0.1, 0.15) is 12.2 Å². The van der Waals surface area contributed by atoms with Crippen LogP contribution in [0.2, 0.25) is 0 Å². The fraction of sp³-hybridized carbons (Fsp3) is 0.862. The van der Waals surface area contributed by atoms with Crippen LogP contribution in [0.5, 0.6) is 0 Å². The van der Waals surface area contributed by atoms with Gasteiger partial charge in [0.2, 0.25) is 0 Å². The van der Waals surface area contributed by atoms with E-state index < -0.39 is 11.8 Å². The lowest BCUT2D eigenvalue weighted by molar-refractivity contribution is -0.176. The van der Waals surface area contributed by atoms with Crippen LogP contribution in [-0.2, 0) is 19.1 Å². The molecule has 2 aliphatic heterocycles. The van der Waals surface area contributed by atoms with Gasteiger partial charge in [-0.15, -0.1) is 0 Å². The fourth-order valence-electron chi connectivity index (χ4n) is 7.68. The molecule has 1 saturated carbocycles. The van der Waals surface area contributed by atoms with Crippen molar-refractivity contribution in [3.63, 3.8) is 0 Å². The van der Waals surface area contributed by atoms with Crippen molar-refractivity contribution in [2.24, 2.45) is 23.7 Å². The number of fused-ring (bicyclic) bond motifs is 2. The van der Waals surface area contributed by atoms with Gasteiger partial charge in [0, 0.05) is 47.8 Å². The highest BCUT2D eigenvalue weighted by Gasteiger charge is 2.55. The second-order valence-electron chi connectivity index (χ2n) is 14.3. The lowest BCUT2D eigenvalue weighted by atomic mass is 9.78. The number of rotatable bonds is 4. The van der Waals surface area contributed by atoms with Crippen molar-refractivity contribution < 1.29 is 19.1 Å². The predicted octanol–water partition coefficient (Wildman–Crippen LogP) is 4.81. The first-order valence-electron chi connectivity index (χ1n) is 13.5. The van der Waals surface area contributed by atoms with Gasteiger partial charge in [-0.3, -0.25) is 19.4 Å². The Hall–Kier alpha value is -1.40. The number of allylic oxidation sites excluding steroid dienone is 2. The number of ether oxygens (including phenoxy) is 2. The summed E-state index contributed by atoms with van der Waals surface area (Å²) in [5.41, 5.74) is -0.249. The molecule has 0 aromatic rings. The molecule has 4 rings (SSSR count). The third-order valence-corrected chi connectivity index (χ3v) is 10.1. The Morgan fingerprint density at radius 3 is 1.20 bits per heavy atom. The van der Waals surface area contributed by atoms with Gasteiger partial charge in [-0.25, -0.2) is 0 Å². The van der Waals surface area contributed by atoms with Gasteiger partial charge in [-0.05, 0) is 87.7 Å². The fourth-order valence-corrected chi connectivity index (χ4v) is 7.68. The Labute approximate surface area is 212 Å². The molecule has 6 nitrogen and oxygen atoms in total. The van der Waals surface area contributed by atoms with Crippen LogP contribution in [0.1, 0.15) is 87.5 Å². The van der Waals surface area contributed by atoms with Crippen molar-refractivity contribution >= 4 is 11.9 Å². The molecule has 35 heavy (non-hydrogen) atoms. The average molecular weight is 489 g/mol. The van der Waals surface area contributed by atoms with Crippen LogP contribution < -0.4 is 0 Å². The molecule has 2 heterocycles. The van der Waals surface area contributed by atoms with Crippen molar-refractivity contribution in [3.05, 3.63) is 12.2 Å². The van der Waals surface area contributed by atoms with Gasteiger partial charge in [0.15, 0.2) is 0 Å². The maximum absolute atomic E-state index is 13.6. The van der Waals surface area contributed by atoms with Crippen LogP contribution in [0.15, 0.2) is 12.2 Å². The van der Waals surface area contributed by atoms with E-state index in [1.54, 1.807) is 0 Å². The third kappa shape index (κ3) is 4.82. The van der Waals surface area contributed by atoms with E-state index in [1.165, 1.54) is 0 Å². The maximum atomic E-state index is 13.6. The van der Waals surface area contributed by atoms with Crippen molar-refractivity contribution in [2.75, 3.05) is 14.1 Å². The molecule has 2 aliphatic carbocycles. The smallest absolute Gasteiger partial charge is 0.310 e. The third-order valence-electron chi connectivity index (χ3n) is 10.1. The minimum atomic E-state index is -0.435. The molecular weight excluding hydrogens is 440 g/mol. The summed E-state index contributed by atoms with van der Waals surface area (Å²) < 4.78 is 12.4. The zero-order chi connectivity index (χ0) is 26.1. The highest BCUT2D eigenvalue weighted by molar-refractivity contribution is 5.84. The number of hydrogen-bond donors (Lipinski definition) is 0. The number of esters is 2. The van der Waals surface area contributed by atoms with Crippen LogP contribution in [-0.4, -0.2) is 70.2 Å². The van der Waals surface area contributed by atoms with Gasteiger partial charge in [-0.1, -0.05) is 12.2 Å². The van der Waals surface area contributed by atoms with Gasteiger partial charge in [0.25, 0.3) is 0 Å². The summed E-state index contributed by atoms with van der Waals surface area (Å²) in [6.07, 6.45) is 7.98. The van der Waals surface area contributed by atoms with Gasteiger partial charge >= 0.3 is 11.9 Å². The molecule has 2 bridgehead atoms. The number of carbonyl (C=O) groups excluding carboxylic acids is 2. The van der Waals surface area contributed by atoms with Crippen LogP contribution in [0.4, 0.5) is 0 Å². The van der Waals surface area contributed by atoms with E-state index in [4.69, 9.17) is 9.47 Å². The molecule has 4 aliphatic rings. The zero-order valence-corrected chi connectivity index (χ0v) is 23.7. The predicted molar refractivity (Wildman–Crippen MR) is 138 cm³/mol. The Balaban J connectivity index is 1.47. The Morgan fingerprint density at radius 1 is 0.629 bits per heavy atom. The van der Waals surface area contributed by atoms with Gasteiger partial charge in [-0.2, -0.15) is 0 Å². The molecule has 4 unspecified atom stereocenters. The summed E-state index contributed by atoms with van der Waals surface area (Å²) in [5, 5.41) is 0. The molecule has 4 atom stereocenters. The van der Waals surface area contributed by atoms with Gasteiger partial charge < -0.3 is 9.47 Å². The SMILES string of the molecule is CN1C(C)(C)CC(OC(=O)C2C3C=CC(C3)C2C(=O)OC2CC(C)(C)N(C)C(C)(C)C2)CC1(C)C. The molecule has 0 N–H and O–H groups in total. The van der Waals surface area contributed by atoms with Crippen LogP contribution >= 0.6 is 0 Å². The number of piperidine rings is 2. The van der Waals surface area contributed by atoms with Crippen molar-refractivity contribution in [2.45, 2.75) is 122 Å². The first kappa shape index (κ1) is 26.7. The summed E-state index contributed by atoms with van der Waals surface area (Å²) in [4.78, 5) is 31.9. The topological polar surface area (TPSA) is 59.1 Å². The van der Waals surface area contributed by atoms with Crippen molar-refractivity contribution in [3.8, 4) is 0 Å². The first-order valence-corrected chi connectivity index (χ1v) is 13.5. The second-order valence-corrected chi connectivity index (χ2v) is 14.3. The minimum absolute atomic E-state index is 0.0621. The van der Waals surface area contributed by atoms with E-state index in [0.29, 0.717) is 0 Å². The summed E-state index contributed by atoms with van der Waals surface area (Å²) in [5.74, 6) is -1.15.